The Kier molecular flexibility index (Phi) is 7.92. The van der Waals surface area contributed by atoms with Gasteiger partial charge in [-0.05, 0) is 75.8 Å². The molecular weight excluding hydrogens is 318 g/mol. The smallest absolute Gasteiger partial charge is 0.308 e. The van der Waals surface area contributed by atoms with Crippen molar-refractivity contribution in [2.24, 2.45) is 17.6 Å². The van der Waals surface area contributed by atoms with Crippen LogP contribution in [0.5, 0.6) is 5.75 Å². The third-order valence-corrected chi connectivity index (χ3v) is 4.74. The number of nitrogens with two attached hydrogens (primary N) is 1. The zero-order valence-corrected chi connectivity index (χ0v) is 15.0. The van der Waals surface area contributed by atoms with Crippen LogP contribution in [0.25, 0.3) is 0 Å². The van der Waals surface area contributed by atoms with Gasteiger partial charge in [-0.3, -0.25) is 9.59 Å². The first-order chi connectivity index (χ1) is 12.1. The molecule has 25 heavy (non-hydrogen) atoms. The van der Waals surface area contributed by atoms with E-state index in [4.69, 9.17) is 15.2 Å². The summed E-state index contributed by atoms with van der Waals surface area (Å²) in [5.41, 5.74) is 6.14. The van der Waals surface area contributed by atoms with Crippen LogP contribution in [0.3, 0.4) is 0 Å². The van der Waals surface area contributed by atoms with Crippen LogP contribution in [0.1, 0.15) is 55.8 Å². The normalized spacial score (nSPS) is 20.1. The second kappa shape index (κ2) is 10.2. The highest BCUT2D eigenvalue weighted by atomic mass is 16.5. The third kappa shape index (κ3) is 6.16. The minimum atomic E-state index is -0.0586. The van der Waals surface area contributed by atoms with Gasteiger partial charge in [-0.15, -0.1) is 0 Å². The van der Waals surface area contributed by atoms with E-state index in [0.717, 1.165) is 31.4 Å². The molecule has 0 amide bonds. The molecule has 138 valence electrons. The van der Waals surface area contributed by atoms with E-state index >= 15 is 0 Å². The Morgan fingerprint density at radius 2 is 1.80 bits per heavy atom. The van der Waals surface area contributed by atoms with Gasteiger partial charge in [-0.2, -0.15) is 0 Å². The summed E-state index contributed by atoms with van der Waals surface area (Å²) in [6, 6.07) is 7.32. The number of hydrogen-bond acceptors (Lipinski definition) is 5. The molecule has 1 aliphatic carbocycles. The lowest BCUT2D eigenvalue weighted by molar-refractivity contribution is -0.149. The maximum absolute atomic E-state index is 11.9. The van der Waals surface area contributed by atoms with Crippen molar-refractivity contribution in [1.29, 1.82) is 0 Å². The van der Waals surface area contributed by atoms with Crippen molar-refractivity contribution >= 4 is 11.8 Å². The molecule has 0 aromatic heterocycles. The molecule has 0 radical (unpaired) electrons. The van der Waals surface area contributed by atoms with E-state index in [1.54, 1.807) is 0 Å². The molecule has 0 aliphatic heterocycles. The van der Waals surface area contributed by atoms with Crippen LogP contribution in [-0.2, 0) is 9.53 Å². The van der Waals surface area contributed by atoms with E-state index in [1.807, 2.05) is 31.2 Å². The van der Waals surface area contributed by atoms with Gasteiger partial charge in [0.1, 0.15) is 5.75 Å². The van der Waals surface area contributed by atoms with Crippen LogP contribution in [-0.4, -0.2) is 31.5 Å². The quantitative estimate of drug-likeness (QED) is 0.547. The highest BCUT2D eigenvalue weighted by molar-refractivity contribution is 5.96. The van der Waals surface area contributed by atoms with Gasteiger partial charge in [-0.25, -0.2) is 0 Å². The third-order valence-electron chi connectivity index (χ3n) is 4.74. The van der Waals surface area contributed by atoms with E-state index in [0.29, 0.717) is 44.1 Å². The maximum Gasteiger partial charge on any atom is 0.308 e. The predicted molar refractivity (Wildman–Crippen MR) is 96.6 cm³/mol. The lowest BCUT2D eigenvalue weighted by atomic mass is 9.82. The lowest BCUT2D eigenvalue weighted by Gasteiger charge is -2.27. The van der Waals surface area contributed by atoms with Gasteiger partial charge >= 0.3 is 5.97 Å². The number of ether oxygens (including phenoxy) is 2. The summed E-state index contributed by atoms with van der Waals surface area (Å²) in [5.74, 6) is 1.36. The average molecular weight is 347 g/mol. The van der Waals surface area contributed by atoms with Crippen LogP contribution in [0.4, 0.5) is 0 Å². The van der Waals surface area contributed by atoms with Crippen LogP contribution in [0.15, 0.2) is 24.3 Å². The van der Waals surface area contributed by atoms with Gasteiger partial charge in [0.2, 0.25) is 0 Å². The summed E-state index contributed by atoms with van der Waals surface area (Å²) in [6.07, 6.45) is 4.92. The van der Waals surface area contributed by atoms with Crippen molar-refractivity contribution < 1.29 is 19.1 Å². The number of carbonyl (C=O) groups is 2. The summed E-state index contributed by atoms with van der Waals surface area (Å²) in [4.78, 5) is 23.7. The van der Waals surface area contributed by atoms with Gasteiger partial charge < -0.3 is 15.2 Å². The van der Waals surface area contributed by atoms with Gasteiger partial charge in [-0.1, -0.05) is 0 Å². The number of benzene rings is 1. The largest absolute Gasteiger partial charge is 0.493 e. The Labute approximate surface area is 149 Å². The Morgan fingerprint density at radius 3 is 2.40 bits per heavy atom. The first kappa shape index (κ1) is 19.4. The second-order valence-corrected chi connectivity index (χ2v) is 6.62. The van der Waals surface area contributed by atoms with Crippen LogP contribution in [0, 0.1) is 11.8 Å². The molecule has 5 heteroatoms. The van der Waals surface area contributed by atoms with E-state index in [9.17, 15) is 9.59 Å². The summed E-state index contributed by atoms with van der Waals surface area (Å²) in [7, 11) is 0. The monoisotopic (exact) mass is 347 g/mol. The highest BCUT2D eigenvalue weighted by Gasteiger charge is 2.27. The molecule has 0 spiro atoms. The van der Waals surface area contributed by atoms with Crippen molar-refractivity contribution in [3.63, 3.8) is 0 Å². The van der Waals surface area contributed by atoms with E-state index in [2.05, 4.69) is 0 Å². The number of ketones is 1. The Hall–Kier alpha value is -1.88. The number of rotatable bonds is 9. The van der Waals surface area contributed by atoms with Crippen molar-refractivity contribution in [2.45, 2.75) is 45.4 Å². The van der Waals surface area contributed by atoms with Gasteiger partial charge in [0.15, 0.2) is 5.78 Å². The molecule has 1 saturated carbocycles. The molecule has 1 fully saturated rings. The Balaban J connectivity index is 1.73. The maximum atomic E-state index is 11.9. The van der Waals surface area contributed by atoms with E-state index < -0.39 is 0 Å². The van der Waals surface area contributed by atoms with Crippen LogP contribution >= 0.6 is 0 Å². The number of carbonyl (C=O) groups excluding carboxylic acids is 2. The zero-order valence-electron chi connectivity index (χ0n) is 15.0. The first-order valence-corrected chi connectivity index (χ1v) is 9.26. The number of esters is 1. The molecule has 1 aromatic carbocycles. The van der Waals surface area contributed by atoms with Crippen LogP contribution in [0.2, 0.25) is 0 Å². The minimum absolute atomic E-state index is 0.0509. The summed E-state index contributed by atoms with van der Waals surface area (Å²) in [5, 5.41) is 0. The molecule has 5 nitrogen and oxygen atoms in total. The SMILES string of the molecule is CCOC(=O)C1CCC(COc2ccc(C(=O)CCCN)cc2)CC1. The Bertz CT molecular complexity index is 547. The predicted octanol–water partition coefficient (Wildman–Crippen LogP) is 3.36. The molecule has 1 aliphatic rings. The fourth-order valence-electron chi connectivity index (χ4n) is 3.18. The number of Topliss-reactive ketones (excluding diaryl/α,β-unsaturated/α-hetero) is 1. The van der Waals surface area contributed by atoms with Gasteiger partial charge in [0.25, 0.3) is 0 Å². The summed E-state index contributed by atoms with van der Waals surface area (Å²) >= 11 is 0. The minimum Gasteiger partial charge on any atom is -0.493 e. The molecule has 0 saturated heterocycles. The molecule has 2 N–H and O–H groups in total. The summed E-state index contributed by atoms with van der Waals surface area (Å²) in [6.45, 7) is 3.47. The first-order valence-electron chi connectivity index (χ1n) is 9.26. The topological polar surface area (TPSA) is 78.6 Å². The Morgan fingerprint density at radius 1 is 1.12 bits per heavy atom. The van der Waals surface area contributed by atoms with Crippen molar-refractivity contribution in [3.05, 3.63) is 29.8 Å². The van der Waals surface area contributed by atoms with Crippen molar-refractivity contribution in [2.75, 3.05) is 19.8 Å². The fraction of sp³-hybridized carbons (Fsp3) is 0.600. The van der Waals surface area contributed by atoms with Crippen molar-refractivity contribution in [3.8, 4) is 5.75 Å². The molecular formula is C20H29NO4. The molecule has 0 atom stereocenters. The van der Waals surface area contributed by atoms with Crippen LogP contribution < -0.4 is 10.5 Å². The molecule has 0 bridgehead atoms. The second-order valence-electron chi connectivity index (χ2n) is 6.62. The standard InChI is InChI=1S/C20H29NO4/c1-2-24-20(23)17-7-5-15(6-8-17)14-25-18-11-9-16(10-12-18)19(22)4-3-13-21/h9-12,15,17H,2-8,13-14,21H2,1H3. The van der Waals surface area contributed by atoms with Crippen molar-refractivity contribution in [1.82, 2.24) is 0 Å². The highest BCUT2D eigenvalue weighted by Crippen LogP contribution is 2.30. The fourth-order valence-corrected chi connectivity index (χ4v) is 3.18. The van der Waals surface area contributed by atoms with E-state index in [1.165, 1.54) is 0 Å². The zero-order chi connectivity index (χ0) is 18.1. The lowest BCUT2D eigenvalue weighted by Crippen LogP contribution is -2.26. The van der Waals surface area contributed by atoms with E-state index in [-0.39, 0.29) is 17.7 Å². The number of hydrogen-bond donors (Lipinski definition) is 1. The van der Waals surface area contributed by atoms with Gasteiger partial charge in [0, 0.05) is 12.0 Å². The molecule has 0 unspecified atom stereocenters. The van der Waals surface area contributed by atoms with Gasteiger partial charge in [0.05, 0.1) is 19.1 Å². The molecule has 2 rings (SSSR count). The average Bonchev–Trinajstić information content (AvgIpc) is 2.65. The molecule has 0 heterocycles. The summed E-state index contributed by atoms with van der Waals surface area (Å²) < 4.78 is 11.0. The molecule has 1 aromatic rings.